The molecular weight excluding hydrogens is 226 g/mol. The van der Waals surface area contributed by atoms with Crippen molar-refractivity contribution in [2.45, 2.75) is 39.0 Å². The van der Waals surface area contributed by atoms with Crippen molar-refractivity contribution in [2.75, 3.05) is 26.7 Å². The maximum Gasteiger partial charge on any atom is 0.279 e. The highest BCUT2D eigenvalue weighted by Gasteiger charge is 2.15. The number of nitrogens with one attached hydrogen (secondary N) is 1. The molecule has 0 aliphatic carbocycles. The molecule has 0 aliphatic rings. The summed E-state index contributed by atoms with van der Waals surface area (Å²) in [5.41, 5.74) is 5.33. The van der Waals surface area contributed by atoms with Gasteiger partial charge in [-0.05, 0) is 19.4 Å². The van der Waals surface area contributed by atoms with E-state index < -0.39 is 10.2 Å². The molecule has 98 valence electrons. The molecule has 0 saturated heterocycles. The van der Waals surface area contributed by atoms with Crippen LogP contribution in [0.25, 0.3) is 0 Å². The zero-order valence-corrected chi connectivity index (χ0v) is 11.2. The molecule has 0 atom stereocenters. The van der Waals surface area contributed by atoms with Gasteiger partial charge in [-0.15, -0.1) is 0 Å². The van der Waals surface area contributed by atoms with Gasteiger partial charge >= 0.3 is 0 Å². The fourth-order valence-corrected chi connectivity index (χ4v) is 2.29. The van der Waals surface area contributed by atoms with E-state index in [1.54, 1.807) is 7.05 Å². The zero-order chi connectivity index (χ0) is 12.4. The van der Waals surface area contributed by atoms with Crippen LogP contribution >= 0.6 is 0 Å². The molecule has 16 heavy (non-hydrogen) atoms. The number of rotatable bonds is 10. The molecule has 0 fully saturated rings. The predicted octanol–water partition coefficient (Wildman–Crippen LogP) is 0.682. The van der Waals surface area contributed by atoms with Crippen LogP contribution in [0.3, 0.4) is 0 Å². The fraction of sp³-hybridized carbons (Fsp3) is 1.00. The Balaban J connectivity index is 3.77. The first-order chi connectivity index (χ1) is 7.54. The van der Waals surface area contributed by atoms with Gasteiger partial charge in [0.05, 0.1) is 0 Å². The molecule has 0 aromatic heterocycles. The number of hydrogen-bond donors (Lipinski definition) is 2. The SMILES string of the molecule is CCCCCCNS(=O)(=O)N(C)CCCN. The molecule has 5 nitrogen and oxygen atoms in total. The quantitative estimate of drug-likeness (QED) is 0.561. The van der Waals surface area contributed by atoms with Gasteiger partial charge in [-0.2, -0.15) is 12.7 Å². The smallest absolute Gasteiger partial charge is 0.279 e. The maximum absolute atomic E-state index is 11.6. The van der Waals surface area contributed by atoms with Crippen molar-refractivity contribution in [3.05, 3.63) is 0 Å². The Morgan fingerprint density at radius 2 is 1.88 bits per heavy atom. The van der Waals surface area contributed by atoms with Crippen LogP contribution in [0, 0.1) is 0 Å². The third kappa shape index (κ3) is 7.16. The second-order valence-electron chi connectivity index (χ2n) is 3.92. The molecule has 0 aromatic carbocycles. The van der Waals surface area contributed by atoms with Gasteiger partial charge in [0.15, 0.2) is 0 Å². The van der Waals surface area contributed by atoms with Crippen molar-refractivity contribution in [3.8, 4) is 0 Å². The number of nitrogens with two attached hydrogens (primary N) is 1. The Kier molecular flexibility index (Phi) is 8.83. The maximum atomic E-state index is 11.6. The normalized spacial score (nSPS) is 12.2. The minimum atomic E-state index is -3.29. The molecule has 0 heterocycles. The van der Waals surface area contributed by atoms with Gasteiger partial charge in [-0.25, -0.2) is 4.72 Å². The van der Waals surface area contributed by atoms with Gasteiger partial charge in [0.1, 0.15) is 0 Å². The first-order valence-corrected chi connectivity index (χ1v) is 7.39. The second kappa shape index (κ2) is 8.92. The summed E-state index contributed by atoms with van der Waals surface area (Å²) in [4.78, 5) is 0. The number of nitrogens with zero attached hydrogens (tertiary/aromatic N) is 1. The largest absolute Gasteiger partial charge is 0.330 e. The van der Waals surface area contributed by atoms with Crippen molar-refractivity contribution in [3.63, 3.8) is 0 Å². The number of unbranched alkanes of at least 4 members (excludes halogenated alkanes) is 3. The summed E-state index contributed by atoms with van der Waals surface area (Å²) in [6.07, 6.45) is 4.98. The van der Waals surface area contributed by atoms with E-state index in [2.05, 4.69) is 11.6 Å². The van der Waals surface area contributed by atoms with E-state index in [1.165, 1.54) is 4.31 Å². The molecule has 0 saturated carbocycles. The Labute approximate surface area is 99.6 Å². The molecule has 0 radical (unpaired) electrons. The molecule has 0 spiro atoms. The lowest BCUT2D eigenvalue weighted by atomic mass is 10.2. The van der Waals surface area contributed by atoms with Crippen LogP contribution in [0.15, 0.2) is 0 Å². The Hall–Kier alpha value is -0.170. The summed E-state index contributed by atoms with van der Waals surface area (Å²) in [5, 5.41) is 0. The molecule has 0 unspecified atom stereocenters. The molecule has 0 amide bonds. The first-order valence-electron chi connectivity index (χ1n) is 5.95. The highest BCUT2D eigenvalue weighted by molar-refractivity contribution is 7.87. The van der Waals surface area contributed by atoms with Crippen LogP contribution in [0.1, 0.15) is 39.0 Å². The topological polar surface area (TPSA) is 75.4 Å². The van der Waals surface area contributed by atoms with Crippen molar-refractivity contribution < 1.29 is 8.42 Å². The molecule has 0 bridgehead atoms. The zero-order valence-electron chi connectivity index (χ0n) is 10.4. The standard InChI is InChI=1S/C10H25N3O2S/c1-3-4-5-6-9-12-16(14,15)13(2)10-7-8-11/h12H,3-11H2,1-2H3. The minimum absolute atomic E-state index is 0.473. The van der Waals surface area contributed by atoms with Gasteiger partial charge in [-0.3, -0.25) is 0 Å². The average Bonchev–Trinajstić information content (AvgIpc) is 2.25. The lowest BCUT2D eigenvalue weighted by Crippen LogP contribution is -2.39. The summed E-state index contributed by atoms with van der Waals surface area (Å²) in [6, 6.07) is 0. The van der Waals surface area contributed by atoms with Gasteiger partial charge in [0.25, 0.3) is 10.2 Å². The monoisotopic (exact) mass is 251 g/mol. The first kappa shape index (κ1) is 15.8. The van der Waals surface area contributed by atoms with E-state index >= 15 is 0 Å². The molecule has 0 aromatic rings. The van der Waals surface area contributed by atoms with E-state index in [0.29, 0.717) is 26.1 Å². The van der Waals surface area contributed by atoms with E-state index in [9.17, 15) is 8.42 Å². The van der Waals surface area contributed by atoms with Crippen molar-refractivity contribution in [1.29, 1.82) is 0 Å². The summed E-state index contributed by atoms with van der Waals surface area (Å²) in [7, 11) is -1.72. The average molecular weight is 251 g/mol. The lowest BCUT2D eigenvalue weighted by Gasteiger charge is -2.17. The molecule has 0 rings (SSSR count). The number of hydrogen-bond acceptors (Lipinski definition) is 3. The molecule has 6 heteroatoms. The Morgan fingerprint density at radius 1 is 1.19 bits per heavy atom. The van der Waals surface area contributed by atoms with Crippen LogP contribution < -0.4 is 10.5 Å². The molecule has 0 aliphatic heterocycles. The summed E-state index contributed by atoms with van der Waals surface area (Å²) in [5.74, 6) is 0. The van der Waals surface area contributed by atoms with Gasteiger partial charge in [0, 0.05) is 20.1 Å². The van der Waals surface area contributed by atoms with Crippen molar-refractivity contribution in [1.82, 2.24) is 9.03 Å². The molecular formula is C10H25N3O2S. The van der Waals surface area contributed by atoms with Crippen LogP contribution in [0.5, 0.6) is 0 Å². The van der Waals surface area contributed by atoms with Crippen molar-refractivity contribution >= 4 is 10.2 Å². The highest BCUT2D eigenvalue weighted by atomic mass is 32.2. The predicted molar refractivity (Wildman–Crippen MR) is 67.4 cm³/mol. The third-order valence-electron chi connectivity index (χ3n) is 2.40. The Morgan fingerprint density at radius 3 is 2.44 bits per heavy atom. The third-order valence-corrected chi connectivity index (χ3v) is 3.97. The van der Waals surface area contributed by atoms with Crippen molar-refractivity contribution in [2.24, 2.45) is 5.73 Å². The highest BCUT2D eigenvalue weighted by Crippen LogP contribution is 1.99. The summed E-state index contributed by atoms with van der Waals surface area (Å²) >= 11 is 0. The van der Waals surface area contributed by atoms with Crippen LogP contribution in [0.4, 0.5) is 0 Å². The van der Waals surface area contributed by atoms with Crippen LogP contribution in [-0.4, -0.2) is 39.4 Å². The Bertz CT molecular complexity index is 255. The second-order valence-corrected chi connectivity index (χ2v) is 5.79. The van der Waals surface area contributed by atoms with Crippen LogP contribution in [-0.2, 0) is 10.2 Å². The van der Waals surface area contributed by atoms with E-state index in [1.807, 2.05) is 0 Å². The minimum Gasteiger partial charge on any atom is -0.330 e. The van der Waals surface area contributed by atoms with Gasteiger partial charge in [0.2, 0.25) is 0 Å². The van der Waals surface area contributed by atoms with E-state index in [4.69, 9.17) is 5.73 Å². The van der Waals surface area contributed by atoms with E-state index in [0.717, 1.165) is 25.7 Å². The van der Waals surface area contributed by atoms with Gasteiger partial charge in [-0.1, -0.05) is 26.2 Å². The molecule has 3 N–H and O–H groups in total. The summed E-state index contributed by atoms with van der Waals surface area (Å²) in [6.45, 7) is 3.64. The fourth-order valence-electron chi connectivity index (χ4n) is 1.30. The van der Waals surface area contributed by atoms with E-state index in [-0.39, 0.29) is 0 Å². The summed E-state index contributed by atoms with van der Waals surface area (Å²) < 4.78 is 27.2. The lowest BCUT2D eigenvalue weighted by molar-refractivity contribution is 0.451. The van der Waals surface area contributed by atoms with Gasteiger partial charge < -0.3 is 5.73 Å². The van der Waals surface area contributed by atoms with Crippen LogP contribution in [0.2, 0.25) is 0 Å².